The molecule has 0 bridgehead atoms. The van der Waals surface area contributed by atoms with Crippen molar-refractivity contribution in [2.75, 3.05) is 25.1 Å². The second-order valence-electron chi connectivity index (χ2n) is 3.45. The highest BCUT2D eigenvalue weighted by Gasteiger charge is 2.23. The lowest BCUT2D eigenvalue weighted by molar-refractivity contribution is 0.480. The molecule has 1 aromatic rings. The molecule has 3 nitrogen and oxygen atoms in total. The van der Waals surface area contributed by atoms with Gasteiger partial charge in [-0.25, -0.2) is 17.1 Å². The summed E-state index contributed by atoms with van der Waals surface area (Å²) in [6, 6.07) is 5.43. The molecule has 0 amide bonds. The van der Waals surface area contributed by atoms with Gasteiger partial charge in [-0.3, -0.25) is 0 Å². The first-order chi connectivity index (χ1) is 8.00. The zero-order valence-electron chi connectivity index (χ0n) is 9.89. The fourth-order valence-corrected chi connectivity index (χ4v) is 3.32. The minimum Gasteiger partial charge on any atom is -0.207 e. The summed E-state index contributed by atoms with van der Waals surface area (Å²) in [5.41, 5.74) is 0. The first-order valence-electron chi connectivity index (χ1n) is 5.28. The van der Waals surface area contributed by atoms with E-state index in [1.807, 2.05) is 6.92 Å². The van der Waals surface area contributed by atoms with Crippen LogP contribution in [0.3, 0.4) is 0 Å². The Morgan fingerprint density at radius 2 is 2.00 bits per heavy atom. The summed E-state index contributed by atoms with van der Waals surface area (Å²) in [6.45, 7) is 2.39. The van der Waals surface area contributed by atoms with Crippen LogP contribution in [0.25, 0.3) is 0 Å². The van der Waals surface area contributed by atoms with Gasteiger partial charge in [-0.1, -0.05) is 19.1 Å². The first-order valence-corrected chi connectivity index (χ1v) is 7.88. The van der Waals surface area contributed by atoms with Gasteiger partial charge in [0.15, 0.2) is 0 Å². The lowest BCUT2D eigenvalue weighted by Crippen LogP contribution is -2.29. The number of hydrogen-bond acceptors (Lipinski definition) is 3. The van der Waals surface area contributed by atoms with Crippen LogP contribution in [0.15, 0.2) is 29.2 Å². The second-order valence-corrected chi connectivity index (χ2v) is 6.86. The van der Waals surface area contributed by atoms with Crippen LogP contribution < -0.4 is 0 Å². The predicted molar refractivity (Wildman–Crippen MR) is 69.2 cm³/mol. The number of thioether (sulfide) groups is 1. The highest BCUT2D eigenvalue weighted by atomic mass is 32.2. The highest BCUT2D eigenvalue weighted by Crippen LogP contribution is 2.17. The smallest absolute Gasteiger partial charge is 0.207 e. The number of sulfonamides is 1. The van der Waals surface area contributed by atoms with Crippen molar-refractivity contribution >= 4 is 21.8 Å². The van der Waals surface area contributed by atoms with Gasteiger partial charge in [0.05, 0.1) is 0 Å². The highest BCUT2D eigenvalue weighted by molar-refractivity contribution is 7.99. The molecule has 0 heterocycles. The molecule has 0 aromatic heterocycles. The van der Waals surface area contributed by atoms with E-state index in [1.54, 1.807) is 11.8 Å². The summed E-state index contributed by atoms with van der Waals surface area (Å²) in [5.74, 6) is 0.941. The maximum atomic E-state index is 13.4. The number of benzene rings is 1. The molecule has 0 fully saturated rings. The molecule has 96 valence electrons. The van der Waals surface area contributed by atoms with Crippen molar-refractivity contribution in [2.24, 2.45) is 0 Å². The van der Waals surface area contributed by atoms with E-state index in [-0.39, 0.29) is 4.90 Å². The van der Waals surface area contributed by atoms with E-state index < -0.39 is 15.8 Å². The van der Waals surface area contributed by atoms with E-state index in [1.165, 1.54) is 29.6 Å². The van der Waals surface area contributed by atoms with Gasteiger partial charge in [0, 0.05) is 19.3 Å². The molecule has 0 aliphatic carbocycles. The van der Waals surface area contributed by atoms with E-state index in [9.17, 15) is 12.8 Å². The molecule has 0 spiro atoms. The number of rotatable bonds is 6. The van der Waals surface area contributed by atoms with E-state index in [2.05, 4.69) is 0 Å². The Kier molecular flexibility index (Phi) is 5.42. The zero-order valence-corrected chi connectivity index (χ0v) is 11.5. The Bertz CT molecular complexity index is 462. The van der Waals surface area contributed by atoms with Gasteiger partial charge in [0.2, 0.25) is 10.0 Å². The monoisotopic (exact) mass is 277 g/mol. The third kappa shape index (κ3) is 3.69. The Balaban J connectivity index is 2.85. The molecule has 0 saturated carbocycles. The summed E-state index contributed by atoms with van der Waals surface area (Å²) in [7, 11) is -2.23. The minimum absolute atomic E-state index is 0.260. The zero-order chi connectivity index (χ0) is 12.9. The van der Waals surface area contributed by atoms with Crippen molar-refractivity contribution in [3.8, 4) is 0 Å². The Hall–Kier alpha value is -0.590. The van der Waals surface area contributed by atoms with Crippen LogP contribution in [-0.2, 0) is 10.0 Å². The summed E-state index contributed by atoms with van der Waals surface area (Å²) < 4.78 is 38.7. The molecular weight excluding hydrogens is 261 g/mol. The standard InChI is InChI=1S/C11H16FNO2S2/c1-3-16-9-8-13(2)17(14,15)11-7-5-4-6-10(11)12/h4-7H,3,8-9H2,1-2H3. The van der Waals surface area contributed by atoms with Crippen molar-refractivity contribution in [3.63, 3.8) is 0 Å². The van der Waals surface area contributed by atoms with Crippen LogP contribution >= 0.6 is 11.8 Å². The number of nitrogens with zero attached hydrogens (tertiary/aromatic N) is 1. The summed E-state index contributed by atoms with van der Waals surface area (Å²) in [4.78, 5) is -0.260. The van der Waals surface area contributed by atoms with Crippen molar-refractivity contribution in [2.45, 2.75) is 11.8 Å². The van der Waals surface area contributed by atoms with E-state index >= 15 is 0 Å². The molecule has 1 rings (SSSR count). The average Bonchev–Trinajstić information content (AvgIpc) is 2.29. The fourth-order valence-electron chi connectivity index (χ4n) is 1.28. The van der Waals surface area contributed by atoms with Gasteiger partial charge >= 0.3 is 0 Å². The van der Waals surface area contributed by atoms with Gasteiger partial charge in [-0.15, -0.1) is 0 Å². The number of hydrogen-bond donors (Lipinski definition) is 0. The molecule has 6 heteroatoms. The molecule has 0 aliphatic rings. The molecule has 0 N–H and O–H groups in total. The van der Waals surface area contributed by atoms with Crippen LogP contribution in [0.4, 0.5) is 4.39 Å². The van der Waals surface area contributed by atoms with Gasteiger partial charge in [0.1, 0.15) is 10.7 Å². The van der Waals surface area contributed by atoms with Gasteiger partial charge in [0.25, 0.3) is 0 Å². The molecule has 0 radical (unpaired) electrons. The quantitative estimate of drug-likeness (QED) is 0.748. The first kappa shape index (κ1) is 14.5. The van der Waals surface area contributed by atoms with Crippen molar-refractivity contribution in [3.05, 3.63) is 30.1 Å². The van der Waals surface area contributed by atoms with Crippen molar-refractivity contribution in [1.82, 2.24) is 4.31 Å². The molecule has 17 heavy (non-hydrogen) atoms. The van der Waals surface area contributed by atoms with E-state index in [4.69, 9.17) is 0 Å². The van der Waals surface area contributed by atoms with Crippen LogP contribution in [0.2, 0.25) is 0 Å². The minimum atomic E-state index is -3.71. The summed E-state index contributed by atoms with van der Waals surface area (Å²) in [6.07, 6.45) is 0. The summed E-state index contributed by atoms with van der Waals surface area (Å²) in [5, 5.41) is 0. The molecule has 0 unspecified atom stereocenters. The SMILES string of the molecule is CCSCCN(C)S(=O)(=O)c1ccccc1F. The second kappa shape index (κ2) is 6.37. The number of halogens is 1. The van der Waals surface area contributed by atoms with Crippen LogP contribution in [0.1, 0.15) is 6.92 Å². The van der Waals surface area contributed by atoms with Crippen LogP contribution in [0.5, 0.6) is 0 Å². The molecular formula is C11H16FNO2S2. The third-order valence-corrected chi connectivity index (χ3v) is 5.05. The third-order valence-electron chi connectivity index (χ3n) is 2.28. The average molecular weight is 277 g/mol. The fraction of sp³-hybridized carbons (Fsp3) is 0.455. The van der Waals surface area contributed by atoms with Crippen LogP contribution in [-0.4, -0.2) is 37.8 Å². The summed E-state index contributed by atoms with van der Waals surface area (Å²) >= 11 is 1.65. The largest absolute Gasteiger partial charge is 0.245 e. The van der Waals surface area contributed by atoms with Crippen molar-refractivity contribution in [1.29, 1.82) is 0 Å². The maximum absolute atomic E-state index is 13.4. The van der Waals surface area contributed by atoms with Crippen LogP contribution in [0, 0.1) is 5.82 Å². The Morgan fingerprint density at radius 1 is 1.35 bits per heavy atom. The maximum Gasteiger partial charge on any atom is 0.245 e. The molecule has 0 saturated heterocycles. The lowest BCUT2D eigenvalue weighted by Gasteiger charge is -2.17. The lowest BCUT2D eigenvalue weighted by atomic mass is 10.4. The normalized spacial score (nSPS) is 12.0. The van der Waals surface area contributed by atoms with Gasteiger partial charge in [-0.05, 0) is 17.9 Å². The van der Waals surface area contributed by atoms with Gasteiger partial charge in [-0.2, -0.15) is 11.8 Å². The van der Waals surface area contributed by atoms with Crippen molar-refractivity contribution < 1.29 is 12.8 Å². The van der Waals surface area contributed by atoms with E-state index in [0.29, 0.717) is 12.3 Å². The topological polar surface area (TPSA) is 37.4 Å². The van der Waals surface area contributed by atoms with Gasteiger partial charge < -0.3 is 0 Å². The Morgan fingerprint density at radius 3 is 2.59 bits per heavy atom. The van der Waals surface area contributed by atoms with E-state index in [0.717, 1.165) is 11.8 Å². The predicted octanol–water partition coefficient (Wildman–Crippen LogP) is 2.20. The molecule has 1 aromatic carbocycles. The molecule has 0 atom stereocenters. The Labute approximate surface area is 106 Å². The molecule has 0 aliphatic heterocycles.